The SMILES string of the molecule is CC(=O)c1cn(C2CC(N)C2)nn1. The quantitative estimate of drug-likeness (QED) is 0.657. The van der Waals surface area contributed by atoms with Crippen LogP contribution in [0.3, 0.4) is 0 Å². The van der Waals surface area contributed by atoms with E-state index in [2.05, 4.69) is 10.3 Å². The van der Waals surface area contributed by atoms with E-state index in [-0.39, 0.29) is 11.8 Å². The monoisotopic (exact) mass is 180 g/mol. The predicted octanol–water partition coefficient (Wildman–Crippen LogP) is 0.143. The fraction of sp³-hybridized carbons (Fsp3) is 0.625. The average molecular weight is 180 g/mol. The van der Waals surface area contributed by atoms with E-state index in [1.165, 1.54) is 6.92 Å². The van der Waals surface area contributed by atoms with Gasteiger partial charge in [0.25, 0.3) is 0 Å². The van der Waals surface area contributed by atoms with Crippen molar-refractivity contribution in [2.24, 2.45) is 5.73 Å². The Balaban J connectivity index is 2.10. The van der Waals surface area contributed by atoms with Crippen LogP contribution in [-0.4, -0.2) is 26.8 Å². The highest BCUT2D eigenvalue weighted by atomic mass is 16.1. The summed E-state index contributed by atoms with van der Waals surface area (Å²) < 4.78 is 1.74. The van der Waals surface area contributed by atoms with Gasteiger partial charge in [-0.3, -0.25) is 4.79 Å². The molecule has 1 fully saturated rings. The number of ketones is 1. The first-order valence-electron chi connectivity index (χ1n) is 4.35. The van der Waals surface area contributed by atoms with Crippen molar-refractivity contribution in [3.63, 3.8) is 0 Å². The van der Waals surface area contributed by atoms with E-state index >= 15 is 0 Å². The molecule has 0 unspecified atom stereocenters. The highest BCUT2D eigenvalue weighted by Crippen LogP contribution is 2.29. The summed E-state index contributed by atoms with van der Waals surface area (Å²) in [5, 5.41) is 7.65. The lowest BCUT2D eigenvalue weighted by atomic mass is 9.88. The van der Waals surface area contributed by atoms with Crippen molar-refractivity contribution in [1.82, 2.24) is 15.0 Å². The van der Waals surface area contributed by atoms with Gasteiger partial charge in [-0.15, -0.1) is 5.10 Å². The fourth-order valence-corrected chi connectivity index (χ4v) is 1.46. The highest BCUT2D eigenvalue weighted by Gasteiger charge is 2.28. The van der Waals surface area contributed by atoms with Crippen molar-refractivity contribution in [3.05, 3.63) is 11.9 Å². The van der Waals surface area contributed by atoms with Gasteiger partial charge >= 0.3 is 0 Å². The molecule has 0 saturated heterocycles. The molecule has 0 spiro atoms. The molecule has 0 amide bonds. The highest BCUT2D eigenvalue weighted by molar-refractivity contribution is 5.91. The first kappa shape index (κ1) is 8.37. The molecule has 1 aromatic rings. The van der Waals surface area contributed by atoms with Crippen molar-refractivity contribution in [1.29, 1.82) is 0 Å². The molecule has 13 heavy (non-hydrogen) atoms. The lowest BCUT2D eigenvalue weighted by Gasteiger charge is -2.31. The average Bonchev–Trinajstić information content (AvgIpc) is 2.46. The summed E-state index contributed by atoms with van der Waals surface area (Å²) in [6, 6.07) is 0.630. The lowest BCUT2D eigenvalue weighted by Crippen LogP contribution is -2.37. The van der Waals surface area contributed by atoms with E-state index in [0.29, 0.717) is 11.7 Å². The molecule has 70 valence electrons. The molecule has 1 aliphatic carbocycles. The summed E-state index contributed by atoms with van der Waals surface area (Å²) in [5.41, 5.74) is 6.08. The van der Waals surface area contributed by atoms with Crippen LogP contribution >= 0.6 is 0 Å². The smallest absolute Gasteiger partial charge is 0.181 e. The number of carbonyl (C=O) groups is 1. The third-order valence-electron chi connectivity index (χ3n) is 2.39. The molecule has 1 saturated carbocycles. The Labute approximate surface area is 75.9 Å². The maximum atomic E-state index is 10.9. The van der Waals surface area contributed by atoms with Crippen LogP contribution in [0.15, 0.2) is 6.20 Å². The van der Waals surface area contributed by atoms with Crippen LogP contribution in [0.1, 0.15) is 36.3 Å². The fourth-order valence-electron chi connectivity index (χ4n) is 1.46. The van der Waals surface area contributed by atoms with Crippen molar-refractivity contribution in [3.8, 4) is 0 Å². The second kappa shape index (κ2) is 2.92. The van der Waals surface area contributed by atoms with Gasteiger partial charge in [0, 0.05) is 13.0 Å². The van der Waals surface area contributed by atoms with Crippen LogP contribution in [0.25, 0.3) is 0 Å². The zero-order valence-corrected chi connectivity index (χ0v) is 7.47. The minimum atomic E-state index is -0.0464. The molecule has 0 aromatic carbocycles. The van der Waals surface area contributed by atoms with Crippen LogP contribution in [0.4, 0.5) is 0 Å². The summed E-state index contributed by atoms with van der Waals surface area (Å²) >= 11 is 0. The molecular weight excluding hydrogens is 168 g/mol. The number of rotatable bonds is 2. The molecule has 0 radical (unpaired) electrons. The van der Waals surface area contributed by atoms with Gasteiger partial charge in [-0.2, -0.15) is 0 Å². The Kier molecular flexibility index (Phi) is 1.88. The van der Waals surface area contributed by atoms with Crippen LogP contribution in [-0.2, 0) is 0 Å². The maximum absolute atomic E-state index is 10.9. The van der Waals surface area contributed by atoms with Gasteiger partial charge in [0.1, 0.15) is 5.69 Å². The van der Waals surface area contributed by atoms with Crippen LogP contribution in [0.5, 0.6) is 0 Å². The van der Waals surface area contributed by atoms with Gasteiger partial charge < -0.3 is 5.73 Å². The van der Waals surface area contributed by atoms with E-state index in [1.54, 1.807) is 10.9 Å². The van der Waals surface area contributed by atoms with Crippen molar-refractivity contribution in [2.45, 2.75) is 31.8 Å². The summed E-state index contributed by atoms with van der Waals surface area (Å²) in [7, 11) is 0. The Morgan fingerprint density at radius 3 is 2.85 bits per heavy atom. The third-order valence-corrected chi connectivity index (χ3v) is 2.39. The van der Waals surface area contributed by atoms with Gasteiger partial charge in [-0.25, -0.2) is 4.68 Å². The number of nitrogens with two attached hydrogens (primary N) is 1. The molecule has 2 rings (SSSR count). The lowest BCUT2D eigenvalue weighted by molar-refractivity contribution is 0.101. The normalized spacial score (nSPS) is 26.9. The molecule has 5 heteroatoms. The summed E-state index contributed by atoms with van der Waals surface area (Å²) in [5.74, 6) is -0.0464. The molecular formula is C8H12N4O. The van der Waals surface area contributed by atoms with Crippen LogP contribution in [0, 0.1) is 0 Å². The molecule has 2 N–H and O–H groups in total. The van der Waals surface area contributed by atoms with Gasteiger partial charge in [-0.05, 0) is 12.8 Å². The third kappa shape index (κ3) is 1.47. The van der Waals surface area contributed by atoms with Gasteiger partial charge in [0.15, 0.2) is 5.78 Å². The molecule has 1 heterocycles. The number of hydrogen-bond acceptors (Lipinski definition) is 4. The Morgan fingerprint density at radius 1 is 1.69 bits per heavy atom. The molecule has 0 bridgehead atoms. The van der Waals surface area contributed by atoms with Crippen molar-refractivity contribution in [2.75, 3.05) is 0 Å². The minimum absolute atomic E-state index is 0.0464. The second-order valence-electron chi connectivity index (χ2n) is 3.53. The zero-order valence-electron chi connectivity index (χ0n) is 7.47. The standard InChI is InChI=1S/C8H12N4O/c1-5(13)8-4-12(11-10-8)7-2-6(9)3-7/h4,6-7H,2-3,9H2,1H3. The molecule has 1 aliphatic rings. The molecule has 1 aromatic heterocycles. The predicted molar refractivity (Wildman–Crippen MR) is 46.3 cm³/mol. The topological polar surface area (TPSA) is 73.8 Å². The molecule has 0 aliphatic heterocycles. The van der Waals surface area contributed by atoms with Crippen LogP contribution in [0.2, 0.25) is 0 Å². The maximum Gasteiger partial charge on any atom is 0.181 e. The van der Waals surface area contributed by atoms with Crippen molar-refractivity contribution >= 4 is 5.78 Å². The first-order valence-corrected chi connectivity index (χ1v) is 4.35. The van der Waals surface area contributed by atoms with E-state index < -0.39 is 0 Å². The second-order valence-corrected chi connectivity index (χ2v) is 3.53. The Hall–Kier alpha value is -1.23. The van der Waals surface area contributed by atoms with Gasteiger partial charge in [0.05, 0.1) is 12.2 Å². The van der Waals surface area contributed by atoms with E-state index in [4.69, 9.17) is 5.73 Å². The summed E-state index contributed by atoms with van der Waals surface area (Å²) in [6.07, 6.45) is 3.56. The van der Waals surface area contributed by atoms with Gasteiger partial charge in [-0.1, -0.05) is 5.21 Å². The zero-order chi connectivity index (χ0) is 9.42. The Bertz CT molecular complexity index is 327. The minimum Gasteiger partial charge on any atom is -0.328 e. The van der Waals surface area contributed by atoms with E-state index in [0.717, 1.165) is 12.8 Å². The molecule has 5 nitrogen and oxygen atoms in total. The number of aromatic nitrogens is 3. The Morgan fingerprint density at radius 2 is 2.38 bits per heavy atom. The van der Waals surface area contributed by atoms with Gasteiger partial charge in [0.2, 0.25) is 0 Å². The van der Waals surface area contributed by atoms with E-state index in [9.17, 15) is 4.79 Å². The van der Waals surface area contributed by atoms with Crippen LogP contribution < -0.4 is 5.73 Å². The summed E-state index contributed by atoms with van der Waals surface area (Å²) in [4.78, 5) is 10.9. The first-order chi connectivity index (χ1) is 6.16. The van der Waals surface area contributed by atoms with Crippen molar-refractivity contribution < 1.29 is 4.79 Å². The number of nitrogens with zero attached hydrogens (tertiary/aromatic N) is 3. The number of Topliss-reactive ketones (excluding diaryl/α,β-unsaturated/α-hetero) is 1. The molecule has 0 atom stereocenters. The largest absolute Gasteiger partial charge is 0.328 e. The van der Waals surface area contributed by atoms with E-state index in [1.807, 2.05) is 0 Å². The summed E-state index contributed by atoms with van der Waals surface area (Å²) in [6.45, 7) is 1.49. The number of hydrogen-bond donors (Lipinski definition) is 1. The number of carbonyl (C=O) groups excluding carboxylic acids is 1.